The molecular formula is C22H21FN2O. The molecule has 0 aliphatic carbocycles. The lowest BCUT2D eigenvalue weighted by molar-refractivity contribution is -0.118. The van der Waals surface area contributed by atoms with Crippen molar-refractivity contribution in [2.45, 2.75) is 26.2 Å². The predicted molar refractivity (Wildman–Crippen MR) is 103 cm³/mol. The molecule has 3 nitrogen and oxygen atoms in total. The van der Waals surface area contributed by atoms with Gasteiger partial charge < -0.3 is 5.73 Å². The molecule has 0 unspecified atom stereocenters. The van der Waals surface area contributed by atoms with Crippen molar-refractivity contribution in [2.24, 2.45) is 0 Å². The van der Waals surface area contributed by atoms with Gasteiger partial charge in [0.15, 0.2) is 0 Å². The van der Waals surface area contributed by atoms with Crippen molar-refractivity contribution in [1.29, 1.82) is 0 Å². The number of rotatable bonds is 6. The third-order valence-corrected chi connectivity index (χ3v) is 4.29. The van der Waals surface area contributed by atoms with Gasteiger partial charge in [0.1, 0.15) is 17.4 Å². The Balaban J connectivity index is 1.87. The van der Waals surface area contributed by atoms with Crippen LogP contribution in [0.15, 0.2) is 60.8 Å². The number of pyridine rings is 1. The molecule has 3 rings (SSSR count). The second kappa shape index (κ2) is 7.91. The highest BCUT2D eigenvalue weighted by atomic mass is 19.1. The highest BCUT2D eigenvalue weighted by Gasteiger charge is 2.09. The molecule has 2 aromatic carbocycles. The van der Waals surface area contributed by atoms with Crippen LogP contribution in [0, 0.1) is 5.82 Å². The fourth-order valence-corrected chi connectivity index (χ4v) is 2.90. The zero-order valence-electron chi connectivity index (χ0n) is 14.7. The summed E-state index contributed by atoms with van der Waals surface area (Å²) in [6.45, 7) is 2.00. The van der Waals surface area contributed by atoms with Crippen LogP contribution in [0.2, 0.25) is 0 Å². The molecule has 1 heterocycles. The van der Waals surface area contributed by atoms with Gasteiger partial charge in [-0.05, 0) is 41.3 Å². The molecule has 0 aliphatic rings. The van der Waals surface area contributed by atoms with E-state index in [4.69, 9.17) is 5.73 Å². The summed E-state index contributed by atoms with van der Waals surface area (Å²) in [6, 6.07) is 16.0. The average molecular weight is 348 g/mol. The van der Waals surface area contributed by atoms with E-state index < -0.39 is 0 Å². The number of carbonyl (C=O) groups excluding carboxylic acids is 1. The minimum Gasteiger partial charge on any atom is -0.383 e. The second-order valence-corrected chi connectivity index (χ2v) is 6.33. The summed E-state index contributed by atoms with van der Waals surface area (Å²) in [5.74, 6) is 0.413. The monoisotopic (exact) mass is 348 g/mol. The number of nitrogen functional groups attached to an aromatic ring is 1. The smallest absolute Gasteiger partial charge is 0.137 e. The fraction of sp³-hybridized carbons (Fsp3) is 0.182. The number of benzene rings is 2. The van der Waals surface area contributed by atoms with Crippen molar-refractivity contribution < 1.29 is 9.18 Å². The molecule has 4 heteroatoms. The van der Waals surface area contributed by atoms with Gasteiger partial charge in [-0.25, -0.2) is 9.37 Å². The Morgan fingerprint density at radius 2 is 1.65 bits per heavy atom. The summed E-state index contributed by atoms with van der Waals surface area (Å²) < 4.78 is 13.1. The lowest BCUT2D eigenvalue weighted by Gasteiger charge is -2.09. The Hall–Kier alpha value is -3.01. The van der Waals surface area contributed by atoms with Gasteiger partial charge in [-0.2, -0.15) is 0 Å². The number of nitrogens with two attached hydrogens (primary N) is 1. The van der Waals surface area contributed by atoms with Crippen LogP contribution >= 0.6 is 0 Å². The standard InChI is InChI=1S/C22H21FN2O/c1-2-3-20(26)12-15-4-6-17(7-5-15)21-13-18(14-25-22(21)24)16-8-10-19(23)11-9-16/h4-11,13-14H,2-3,12H2,1H3,(H2,24,25). The molecule has 0 saturated carbocycles. The minimum absolute atomic E-state index is 0.250. The van der Waals surface area contributed by atoms with Gasteiger partial charge in [-0.1, -0.05) is 43.3 Å². The van der Waals surface area contributed by atoms with Gasteiger partial charge >= 0.3 is 0 Å². The SMILES string of the molecule is CCCC(=O)Cc1ccc(-c2cc(-c3ccc(F)cc3)cnc2N)cc1. The van der Waals surface area contributed by atoms with Crippen LogP contribution in [0.4, 0.5) is 10.2 Å². The van der Waals surface area contributed by atoms with E-state index in [0.29, 0.717) is 18.7 Å². The summed E-state index contributed by atoms with van der Waals surface area (Å²) in [5.41, 5.74) is 10.6. The lowest BCUT2D eigenvalue weighted by Crippen LogP contribution is -2.01. The molecule has 0 aliphatic heterocycles. The highest BCUT2D eigenvalue weighted by Crippen LogP contribution is 2.30. The van der Waals surface area contributed by atoms with Crippen LogP contribution in [0.1, 0.15) is 25.3 Å². The van der Waals surface area contributed by atoms with Gasteiger partial charge in [0, 0.05) is 30.2 Å². The van der Waals surface area contributed by atoms with E-state index in [9.17, 15) is 9.18 Å². The number of aromatic nitrogens is 1. The van der Waals surface area contributed by atoms with E-state index in [1.807, 2.05) is 37.3 Å². The van der Waals surface area contributed by atoms with Crippen molar-refractivity contribution in [3.8, 4) is 22.3 Å². The summed E-state index contributed by atoms with van der Waals surface area (Å²) in [7, 11) is 0. The molecule has 0 radical (unpaired) electrons. The van der Waals surface area contributed by atoms with Crippen molar-refractivity contribution in [3.63, 3.8) is 0 Å². The first kappa shape index (κ1) is 17.8. The first-order chi connectivity index (χ1) is 12.6. The summed E-state index contributed by atoms with van der Waals surface area (Å²) in [5, 5.41) is 0. The number of carbonyl (C=O) groups is 1. The average Bonchev–Trinajstić information content (AvgIpc) is 2.64. The third-order valence-electron chi connectivity index (χ3n) is 4.29. The van der Waals surface area contributed by atoms with E-state index in [2.05, 4.69) is 4.98 Å². The van der Waals surface area contributed by atoms with Crippen LogP contribution < -0.4 is 5.73 Å². The molecule has 26 heavy (non-hydrogen) atoms. The molecule has 1 aromatic heterocycles. The second-order valence-electron chi connectivity index (χ2n) is 6.33. The van der Waals surface area contributed by atoms with Gasteiger partial charge in [-0.15, -0.1) is 0 Å². The Kier molecular flexibility index (Phi) is 5.42. The normalized spacial score (nSPS) is 10.7. The zero-order valence-corrected chi connectivity index (χ0v) is 14.7. The topological polar surface area (TPSA) is 56.0 Å². The lowest BCUT2D eigenvalue weighted by atomic mass is 9.98. The number of anilines is 1. The molecule has 0 fully saturated rings. The van der Waals surface area contributed by atoms with Crippen molar-refractivity contribution in [3.05, 3.63) is 72.2 Å². The van der Waals surface area contributed by atoms with Crippen molar-refractivity contribution in [1.82, 2.24) is 4.98 Å². The molecule has 3 aromatic rings. The highest BCUT2D eigenvalue weighted by molar-refractivity contribution is 5.82. The predicted octanol–water partition coefficient (Wildman–Crippen LogP) is 5.05. The number of hydrogen-bond donors (Lipinski definition) is 1. The maximum atomic E-state index is 13.1. The van der Waals surface area contributed by atoms with Crippen LogP contribution in [-0.4, -0.2) is 10.8 Å². The largest absolute Gasteiger partial charge is 0.383 e. The summed E-state index contributed by atoms with van der Waals surface area (Å²) in [6.07, 6.45) is 3.62. The number of hydrogen-bond acceptors (Lipinski definition) is 3. The van der Waals surface area contributed by atoms with Crippen molar-refractivity contribution >= 4 is 11.6 Å². The summed E-state index contributed by atoms with van der Waals surface area (Å²) >= 11 is 0. The quantitative estimate of drug-likeness (QED) is 0.678. The van der Waals surface area contributed by atoms with Gasteiger partial charge in [0.2, 0.25) is 0 Å². The van der Waals surface area contributed by atoms with E-state index in [1.54, 1.807) is 18.3 Å². The molecule has 0 amide bonds. The number of Topliss-reactive ketones (excluding diaryl/α,β-unsaturated/α-hetero) is 1. The van der Waals surface area contributed by atoms with Gasteiger partial charge in [-0.3, -0.25) is 4.79 Å². The number of halogens is 1. The molecule has 2 N–H and O–H groups in total. The first-order valence-corrected chi connectivity index (χ1v) is 8.69. The Bertz CT molecular complexity index is 902. The minimum atomic E-state index is -0.273. The van der Waals surface area contributed by atoms with E-state index in [1.165, 1.54) is 12.1 Å². The Labute approximate surface area is 152 Å². The molecule has 132 valence electrons. The van der Waals surface area contributed by atoms with Gasteiger partial charge in [0.05, 0.1) is 0 Å². The van der Waals surface area contributed by atoms with Crippen LogP contribution in [0.25, 0.3) is 22.3 Å². The van der Waals surface area contributed by atoms with E-state index in [0.717, 1.165) is 34.2 Å². The van der Waals surface area contributed by atoms with Crippen LogP contribution in [0.5, 0.6) is 0 Å². The maximum Gasteiger partial charge on any atom is 0.137 e. The zero-order chi connectivity index (χ0) is 18.5. The third kappa shape index (κ3) is 4.14. The van der Waals surface area contributed by atoms with Gasteiger partial charge in [0.25, 0.3) is 0 Å². The molecule has 0 bridgehead atoms. The van der Waals surface area contributed by atoms with E-state index in [-0.39, 0.29) is 11.6 Å². The number of nitrogens with zero attached hydrogens (tertiary/aromatic N) is 1. The van der Waals surface area contributed by atoms with E-state index >= 15 is 0 Å². The molecule has 0 atom stereocenters. The van der Waals surface area contributed by atoms with Crippen LogP contribution in [-0.2, 0) is 11.2 Å². The molecule has 0 spiro atoms. The first-order valence-electron chi connectivity index (χ1n) is 8.69. The number of ketones is 1. The summed E-state index contributed by atoms with van der Waals surface area (Å²) in [4.78, 5) is 16.1. The molecule has 0 saturated heterocycles. The van der Waals surface area contributed by atoms with Crippen LogP contribution in [0.3, 0.4) is 0 Å². The molecular weight excluding hydrogens is 327 g/mol. The maximum absolute atomic E-state index is 13.1. The Morgan fingerprint density at radius 3 is 2.31 bits per heavy atom. The fourth-order valence-electron chi connectivity index (χ4n) is 2.90. The Morgan fingerprint density at radius 1 is 1.00 bits per heavy atom. The van der Waals surface area contributed by atoms with Crippen molar-refractivity contribution in [2.75, 3.05) is 5.73 Å².